The van der Waals surface area contributed by atoms with E-state index in [1.54, 1.807) is 6.92 Å². The second kappa shape index (κ2) is 6.22. The lowest BCUT2D eigenvalue weighted by Crippen LogP contribution is -2.40. The third kappa shape index (κ3) is 5.90. The van der Waals surface area contributed by atoms with E-state index in [-0.39, 0.29) is 0 Å². The van der Waals surface area contributed by atoms with Crippen molar-refractivity contribution in [2.24, 2.45) is 0 Å². The van der Waals surface area contributed by atoms with Gasteiger partial charge >= 0.3 is 6.03 Å². The summed E-state index contributed by atoms with van der Waals surface area (Å²) >= 11 is 0. The maximum atomic E-state index is 10.9. The van der Waals surface area contributed by atoms with Gasteiger partial charge in [-0.15, -0.1) is 0 Å². The lowest BCUT2D eigenvalue weighted by Gasteiger charge is -2.04. The van der Waals surface area contributed by atoms with Crippen LogP contribution in [0.15, 0.2) is 12.2 Å². The molecule has 13 heavy (non-hydrogen) atoms. The predicted octanol–water partition coefficient (Wildman–Crippen LogP) is 1.19. The summed E-state index contributed by atoms with van der Waals surface area (Å²) < 4.78 is 0. The van der Waals surface area contributed by atoms with Gasteiger partial charge in [-0.2, -0.15) is 0 Å². The van der Waals surface area contributed by atoms with Crippen LogP contribution < -0.4 is 10.6 Å². The van der Waals surface area contributed by atoms with Gasteiger partial charge in [0, 0.05) is 12.1 Å². The maximum Gasteiger partial charge on any atom is 0.321 e. The van der Waals surface area contributed by atoms with E-state index in [1.807, 2.05) is 6.92 Å². The molecule has 0 aromatic heterocycles. The molecule has 0 heterocycles. The first-order valence-electron chi connectivity index (χ1n) is 4.32. The van der Waals surface area contributed by atoms with Gasteiger partial charge in [0.25, 0.3) is 5.91 Å². The predicted molar refractivity (Wildman–Crippen MR) is 51.3 cm³/mol. The van der Waals surface area contributed by atoms with Gasteiger partial charge in [0.2, 0.25) is 0 Å². The molecule has 0 atom stereocenters. The topological polar surface area (TPSA) is 58.2 Å². The highest BCUT2D eigenvalue weighted by atomic mass is 16.2. The average molecular weight is 184 g/mol. The number of imide groups is 1. The number of urea groups is 1. The minimum absolute atomic E-state index is 0.325. The van der Waals surface area contributed by atoms with Crippen molar-refractivity contribution in [1.29, 1.82) is 0 Å². The van der Waals surface area contributed by atoms with Gasteiger partial charge in [-0.25, -0.2) is 4.79 Å². The van der Waals surface area contributed by atoms with Crippen LogP contribution in [0.4, 0.5) is 4.79 Å². The van der Waals surface area contributed by atoms with Gasteiger partial charge in [0.1, 0.15) is 0 Å². The monoisotopic (exact) mass is 184 g/mol. The molecular weight excluding hydrogens is 168 g/mol. The zero-order valence-electron chi connectivity index (χ0n) is 8.14. The van der Waals surface area contributed by atoms with Crippen LogP contribution in [0.25, 0.3) is 0 Å². The van der Waals surface area contributed by atoms with E-state index in [1.165, 1.54) is 0 Å². The van der Waals surface area contributed by atoms with Crippen molar-refractivity contribution in [2.45, 2.75) is 26.7 Å². The van der Waals surface area contributed by atoms with Crippen molar-refractivity contribution in [3.05, 3.63) is 12.2 Å². The molecule has 4 heteroatoms. The van der Waals surface area contributed by atoms with Crippen molar-refractivity contribution in [2.75, 3.05) is 6.54 Å². The number of hydrogen-bond donors (Lipinski definition) is 2. The van der Waals surface area contributed by atoms with Gasteiger partial charge in [0.15, 0.2) is 0 Å². The Morgan fingerprint density at radius 3 is 2.46 bits per heavy atom. The quantitative estimate of drug-likeness (QED) is 0.509. The van der Waals surface area contributed by atoms with Gasteiger partial charge in [0.05, 0.1) is 0 Å². The third-order valence-electron chi connectivity index (χ3n) is 1.43. The van der Waals surface area contributed by atoms with Crippen molar-refractivity contribution in [3.8, 4) is 0 Å². The highest BCUT2D eigenvalue weighted by Crippen LogP contribution is 1.86. The molecule has 0 spiro atoms. The second-order valence-corrected chi connectivity index (χ2v) is 2.84. The fraction of sp³-hybridized carbons (Fsp3) is 0.556. The van der Waals surface area contributed by atoms with Crippen LogP contribution in [-0.4, -0.2) is 18.5 Å². The molecule has 0 bridgehead atoms. The van der Waals surface area contributed by atoms with Crippen LogP contribution in [0, 0.1) is 0 Å². The van der Waals surface area contributed by atoms with E-state index in [2.05, 4.69) is 17.2 Å². The maximum absolute atomic E-state index is 10.9. The van der Waals surface area contributed by atoms with Crippen LogP contribution >= 0.6 is 0 Å². The molecule has 0 aliphatic heterocycles. The number of rotatable bonds is 4. The molecule has 3 amide bonds. The molecule has 0 aromatic carbocycles. The largest absolute Gasteiger partial charge is 0.338 e. The van der Waals surface area contributed by atoms with Crippen LogP contribution in [-0.2, 0) is 4.79 Å². The number of unbranched alkanes of at least 4 members (excludes halogenated alkanes) is 1. The molecular formula is C9H16N2O2. The first-order valence-corrected chi connectivity index (χ1v) is 4.32. The molecule has 0 radical (unpaired) electrons. The second-order valence-electron chi connectivity index (χ2n) is 2.84. The molecule has 74 valence electrons. The van der Waals surface area contributed by atoms with E-state index in [0.717, 1.165) is 12.8 Å². The molecule has 0 unspecified atom stereocenters. The molecule has 0 rings (SSSR count). The van der Waals surface area contributed by atoms with Crippen molar-refractivity contribution >= 4 is 11.9 Å². The van der Waals surface area contributed by atoms with Crippen LogP contribution in [0.1, 0.15) is 26.7 Å². The van der Waals surface area contributed by atoms with Gasteiger partial charge < -0.3 is 5.32 Å². The van der Waals surface area contributed by atoms with E-state index < -0.39 is 11.9 Å². The first kappa shape index (κ1) is 11.7. The SMILES string of the molecule is C=C(C)C(=O)NC(=O)NCCCC. The van der Waals surface area contributed by atoms with Gasteiger partial charge in [-0.05, 0) is 13.3 Å². The summed E-state index contributed by atoms with van der Waals surface area (Å²) in [5.74, 6) is -0.436. The highest BCUT2D eigenvalue weighted by molar-refractivity contribution is 6.02. The van der Waals surface area contributed by atoms with E-state index in [9.17, 15) is 9.59 Å². The molecule has 2 N–H and O–H groups in total. The van der Waals surface area contributed by atoms with Crippen molar-refractivity contribution < 1.29 is 9.59 Å². The Labute approximate surface area is 78.4 Å². The van der Waals surface area contributed by atoms with Crippen LogP contribution in [0.3, 0.4) is 0 Å². The molecule has 0 aromatic rings. The van der Waals surface area contributed by atoms with E-state index in [0.29, 0.717) is 12.1 Å². The fourth-order valence-electron chi connectivity index (χ4n) is 0.633. The third-order valence-corrected chi connectivity index (χ3v) is 1.43. The Bertz CT molecular complexity index is 212. The van der Waals surface area contributed by atoms with E-state index in [4.69, 9.17) is 0 Å². The van der Waals surface area contributed by atoms with Crippen molar-refractivity contribution in [3.63, 3.8) is 0 Å². The van der Waals surface area contributed by atoms with Gasteiger partial charge in [-0.1, -0.05) is 19.9 Å². The van der Waals surface area contributed by atoms with Crippen molar-refractivity contribution in [1.82, 2.24) is 10.6 Å². The summed E-state index contributed by atoms with van der Waals surface area (Å²) in [6, 6.07) is -0.457. The summed E-state index contributed by atoms with van der Waals surface area (Å²) in [5.41, 5.74) is 0.325. The summed E-state index contributed by atoms with van der Waals surface area (Å²) in [4.78, 5) is 21.9. The average Bonchev–Trinajstić information content (AvgIpc) is 2.04. The summed E-state index contributed by atoms with van der Waals surface area (Å²) in [5, 5.41) is 4.71. The lowest BCUT2D eigenvalue weighted by molar-refractivity contribution is -0.116. The smallest absolute Gasteiger partial charge is 0.321 e. The minimum atomic E-state index is -0.457. The summed E-state index contributed by atoms with van der Waals surface area (Å²) in [6.45, 7) is 7.58. The minimum Gasteiger partial charge on any atom is -0.338 e. The first-order chi connectivity index (χ1) is 6.07. The van der Waals surface area contributed by atoms with Crippen LogP contribution in [0.2, 0.25) is 0 Å². The lowest BCUT2D eigenvalue weighted by atomic mass is 10.3. The molecule has 0 saturated carbocycles. The molecule has 0 aliphatic carbocycles. The summed E-state index contributed by atoms with van der Waals surface area (Å²) in [7, 11) is 0. The Balaban J connectivity index is 3.62. The molecule has 0 fully saturated rings. The molecule has 4 nitrogen and oxygen atoms in total. The Hall–Kier alpha value is -1.32. The summed E-state index contributed by atoms with van der Waals surface area (Å²) in [6.07, 6.45) is 1.92. The van der Waals surface area contributed by atoms with E-state index >= 15 is 0 Å². The highest BCUT2D eigenvalue weighted by Gasteiger charge is 2.05. The number of carbonyl (C=O) groups excluding carboxylic acids is 2. The molecule has 0 saturated heterocycles. The number of carbonyl (C=O) groups is 2. The Kier molecular flexibility index (Phi) is 5.59. The normalized spacial score (nSPS) is 9.08. The van der Waals surface area contributed by atoms with Crippen LogP contribution in [0.5, 0.6) is 0 Å². The van der Waals surface area contributed by atoms with Gasteiger partial charge in [-0.3, -0.25) is 10.1 Å². The Morgan fingerprint density at radius 1 is 1.38 bits per heavy atom. The standard InChI is InChI=1S/C9H16N2O2/c1-4-5-6-10-9(13)11-8(12)7(2)3/h2,4-6H2,1,3H3,(H2,10,11,12,13). The Morgan fingerprint density at radius 2 is 2.00 bits per heavy atom. The number of nitrogens with one attached hydrogen (secondary N) is 2. The fourth-order valence-corrected chi connectivity index (χ4v) is 0.633. The number of amides is 3. The molecule has 0 aliphatic rings. The zero-order valence-corrected chi connectivity index (χ0v) is 8.14. The zero-order chi connectivity index (χ0) is 10.3. The number of hydrogen-bond acceptors (Lipinski definition) is 2.